The molecule has 3 heteroatoms. The van der Waals surface area contributed by atoms with Gasteiger partial charge in [-0.15, -0.1) is 12.6 Å². The predicted octanol–water partition coefficient (Wildman–Crippen LogP) is 2.94. The Balaban J connectivity index is 2.31. The fraction of sp³-hybridized carbons (Fsp3) is 0.273. The summed E-state index contributed by atoms with van der Waals surface area (Å²) in [6.45, 7) is 6.87. The number of benzene rings is 1. The molecule has 1 aromatic carbocycles. The third-order valence-corrected chi connectivity index (χ3v) is 2.06. The van der Waals surface area contributed by atoms with E-state index in [9.17, 15) is 0 Å². The quantitative estimate of drug-likeness (QED) is 0.442. The molecule has 0 amide bonds. The van der Waals surface area contributed by atoms with Gasteiger partial charge in [-0.25, -0.2) is 0 Å². The van der Waals surface area contributed by atoms with Gasteiger partial charge in [-0.3, -0.25) is 0 Å². The predicted molar refractivity (Wildman–Crippen MR) is 62.9 cm³/mol. The fourth-order valence-electron chi connectivity index (χ4n) is 1.03. The number of allylic oxidation sites excluding steroid dienone is 1. The average Bonchev–Trinajstić information content (AvgIpc) is 2.15. The molecule has 1 aromatic rings. The summed E-state index contributed by atoms with van der Waals surface area (Å²) in [7, 11) is 0. The molecular formula is C11H15NOS. The third-order valence-electron chi connectivity index (χ3n) is 1.67. The third kappa shape index (κ3) is 3.75. The van der Waals surface area contributed by atoms with Crippen molar-refractivity contribution in [2.45, 2.75) is 11.8 Å². The minimum Gasteiger partial charge on any atom is -0.497 e. The lowest BCUT2D eigenvalue weighted by molar-refractivity contribution is 0.228. The molecule has 0 radical (unpaired) electrons. The molecular weight excluding hydrogens is 194 g/mol. The van der Waals surface area contributed by atoms with Crippen LogP contribution in [0.5, 0.6) is 0 Å². The summed E-state index contributed by atoms with van der Waals surface area (Å²) in [5.41, 5.74) is 1.03. The molecule has 0 atom stereocenters. The molecule has 0 saturated heterocycles. The minimum atomic E-state index is 0.622. The second kappa shape index (κ2) is 5.60. The van der Waals surface area contributed by atoms with E-state index in [1.165, 1.54) is 0 Å². The van der Waals surface area contributed by atoms with Crippen LogP contribution in [-0.4, -0.2) is 13.2 Å². The van der Waals surface area contributed by atoms with Crippen LogP contribution in [0.15, 0.2) is 41.5 Å². The first-order chi connectivity index (χ1) is 6.70. The Kier molecular flexibility index (Phi) is 4.40. The first-order valence-electron chi connectivity index (χ1n) is 4.50. The maximum Gasteiger partial charge on any atom is 0.105 e. The molecule has 1 N–H and O–H groups in total. The number of nitrogens with one attached hydrogen (secondary N) is 1. The van der Waals surface area contributed by atoms with E-state index in [1.54, 1.807) is 0 Å². The number of hydrogen-bond acceptors (Lipinski definition) is 3. The second-order valence-electron chi connectivity index (χ2n) is 2.99. The smallest absolute Gasteiger partial charge is 0.105 e. The molecule has 0 bridgehead atoms. The molecule has 0 aromatic heterocycles. The van der Waals surface area contributed by atoms with Crippen molar-refractivity contribution >= 4 is 18.3 Å². The molecule has 2 nitrogen and oxygen atoms in total. The SMILES string of the molecule is C=C(C)OCCNc1ccccc1S. The first-order valence-corrected chi connectivity index (χ1v) is 4.95. The molecule has 0 aliphatic heterocycles. The van der Waals surface area contributed by atoms with Gasteiger partial charge in [0.25, 0.3) is 0 Å². The number of ether oxygens (including phenoxy) is 1. The number of para-hydroxylation sites is 1. The van der Waals surface area contributed by atoms with Crippen LogP contribution in [0, 0.1) is 0 Å². The highest BCUT2D eigenvalue weighted by atomic mass is 32.1. The zero-order chi connectivity index (χ0) is 10.4. The van der Waals surface area contributed by atoms with Gasteiger partial charge >= 0.3 is 0 Å². The largest absolute Gasteiger partial charge is 0.497 e. The highest BCUT2D eigenvalue weighted by Crippen LogP contribution is 2.17. The molecule has 0 unspecified atom stereocenters. The van der Waals surface area contributed by atoms with Gasteiger partial charge < -0.3 is 10.1 Å². The average molecular weight is 209 g/mol. The number of rotatable bonds is 5. The van der Waals surface area contributed by atoms with Crippen molar-refractivity contribution in [3.05, 3.63) is 36.6 Å². The molecule has 0 saturated carbocycles. The van der Waals surface area contributed by atoms with E-state index in [0.717, 1.165) is 22.9 Å². The molecule has 1 rings (SSSR count). The van der Waals surface area contributed by atoms with Gasteiger partial charge in [-0.1, -0.05) is 18.7 Å². The van der Waals surface area contributed by atoms with Gasteiger partial charge in [0.15, 0.2) is 0 Å². The van der Waals surface area contributed by atoms with Crippen molar-refractivity contribution < 1.29 is 4.74 Å². The Bertz CT molecular complexity index is 312. The van der Waals surface area contributed by atoms with Crippen LogP contribution in [0.3, 0.4) is 0 Å². The summed E-state index contributed by atoms with van der Waals surface area (Å²) in [6.07, 6.45) is 0. The maximum atomic E-state index is 5.22. The first kappa shape index (κ1) is 11.0. The Morgan fingerprint density at radius 1 is 1.50 bits per heavy atom. The lowest BCUT2D eigenvalue weighted by atomic mass is 10.3. The highest BCUT2D eigenvalue weighted by molar-refractivity contribution is 7.80. The molecule has 0 spiro atoms. The van der Waals surface area contributed by atoms with Crippen LogP contribution in [0.2, 0.25) is 0 Å². The van der Waals surface area contributed by atoms with Crippen LogP contribution < -0.4 is 5.32 Å². The van der Waals surface area contributed by atoms with Gasteiger partial charge in [0, 0.05) is 17.1 Å². The Morgan fingerprint density at radius 3 is 2.86 bits per heavy atom. The molecule has 0 aliphatic rings. The van der Waals surface area contributed by atoms with Gasteiger partial charge in [-0.2, -0.15) is 0 Å². The summed E-state index contributed by atoms with van der Waals surface area (Å²) in [5, 5.41) is 3.23. The fourth-order valence-corrected chi connectivity index (χ4v) is 1.27. The van der Waals surface area contributed by atoms with Gasteiger partial charge in [0.1, 0.15) is 6.61 Å². The van der Waals surface area contributed by atoms with E-state index >= 15 is 0 Å². The zero-order valence-electron chi connectivity index (χ0n) is 8.29. The maximum absolute atomic E-state index is 5.22. The van der Waals surface area contributed by atoms with E-state index in [0.29, 0.717) is 6.61 Å². The van der Waals surface area contributed by atoms with Crippen LogP contribution in [0.25, 0.3) is 0 Å². The van der Waals surface area contributed by atoms with E-state index in [4.69, 9.17) is 4.74 Å². The standard InChI is InChI=1S/C11H15NOS/c1-9(2)13-8-7-12-10-5-3-4-6-11(10)14/h3-6,12,14H,1,7-8H2,2H3. The number of hydrogen-bond donors (Lipinski definition) is 2. The van der Waals surface area contributed by atoms with Crippen molar-refractivity contribution in [3.63, 3.8) is 0 Å². The molecule has 76 valence electrons. The molecule has 0 aliphatic carbocycles. The van der Waals surface area contributed by atoms with E-state index in [1.807, 2.05) is 31.2 Å². The normalized spacial score (nSPS) is 9.57. The zero-order valence-corrected chi connectivity index (χ0v) is 9.18. The van der Waals surface area contributed by atoms with Crippen molar-refractivity contribution in [1.82, 2.24) is 0 Å². The van der Waals surface area contributed by atoms with Crippen molar-refractivity contribution in [1.29, 1.82) is 0 Å². The van der Waals surface area contributed by atoms with E-state index < -0.39 is 0 Å². The van der Waals surface area contributed by atoms with Crippen LogP contribution in [0.4, 0.5) is 5.69 Å². The molecule has 0 heterocycles. The summed E-state index contributed by atoms with van der Waals surface area (Å²) >= 11 is 4.32. The summed E-state index contributed by atoms with van der Waals surface area (Å²) in [4.78, 5) is 0.947. The number of anilines is 1. The summed E-state index contributed by atoms with van der Waals surface area (Å²) in [5.74, 6) is 0.742. The second-order valence-corrected chi connectivity index (χ2v) is 3.48. The van der Waals surface area contributed by atoms with Gasteiger partial charge in [0.2, 0.25) is 0 Å². The topological polar surface area (TPSA) is 21.3 Å². The van der Waals surface area contributed by atoms with E-state index in [-0.39, 0.29) is 0 Å². The Labute approximate surface area is 90.4 Å². The van der Waals surface area contributed by atoms with Crippen LogP contribution >= 0.6 is 12.6 Å². The van der Waals surface area contributed by atoms with Crippen LogP contribution in [0.1, 0.15) is 6.92 Å². The van der Waals surface area contributed by atoms with Gasteiger partial charge in [-0.05, 0) is 19.1 Å². The van der Waals surface area contributed by atoms with Crippen molar-refractivity contribution in [2.24, 2.45) is 0 Å². The Hall–Kier alpha value is -1.09. The lowest BCUT2D eigenvalue weighted by Crippen LogP contribution is -2.08. The Morgan fingerprint density at radius 2 is 2.21 bits per heavy atom. The van der Waals surface area contributed by atoms with Crippen molar-refractivity contribution in [3.8, 4) is 0 Å². The minimum absolute atomic E-state index is 0.622. The van der Waals surface area contributed by atoms with Crippen molar-refractivity contribution in [2.75, 3.05) is 18.5 Å². The summed E-state index contributed by atoms with van der Waals surface area (Å²) in [6, 6.07) is 7.87. The summed E-state index contributed by atoms with van der Waals surface area (Å²) < 4.78 is 5.22. The monoisotopic (exact) mass is 209 g/mol. The highest BCUT2D eigenvalue weighted by Gasteiger charge is 1.95. The number of thiol groups is 1. The lowest BCUT2D eigenvalue weighted by Gasteiger charge is -2.09. The molecule has 14 heavy (non-hydrogen) atoms. The van der Waals surface area contributed by atoms with E-state index in [2.05, 4.69) is 24.5 Å². The molecule has 0 fully saturated rings. The van der Waals surface area contributed by atoms with Crippen LogP contribution in [-0.2, 0) is 4.74 Å². The van der Waals surface area contributed by atoms with Gasteiger partial charge in [0.05, 0.1) is 5.76 Å².